The third-order valence-electron chi connectivity index (χ3n) is 4.18. The molecule has 7 nitrogen and oxygen atoms in total. The van der Waals surface area contributed by atoms with E-state index in [-0.39, 0.29) is 52.5 Å². The van der Waals surface area contributed by atoms with E-state index in [2.05, 4.69) is 4.74 Å². The second-order valence-corrected chi connectivity index (χ2v) is 6.21. The Labute approximate surface area is 175 Å². The Kier molecular flexibility index (Phi) is 6.53. The van der Waals surface area contributed by atoms with Crippen LogP contribution in [0.4, 0.5) is 8.78 Å². The maximum absolute atomic E-state index is 13.1. The van der Waals surface area contributed by atoms with E-state index in [4.69, 9.17) is 0 Å². The molecule has 1 heterocycles. The molecule has 3 rings (SSSR count). The first-order valence-electron chi connectivity index (χ1n) is 8.23. The number of ether oxygens (including phenoxy) is 1. The van der Waals surface area contributed by atoms with Crippen LogP contribution in [0.15, 0.2) is 41.2 Å². The molecule has 0 aliphatic carbocycles. The number of aromatic carboxylic acids is 1. The molecule has 0 saturated heterocycles. The summed E-state index contributed by atoms with van der Waals surface area (Å²) in [6, 6.07) is 9.52. The fraction of sp³-hybridized carbons (Fsp3) is 0.211. The van der Waals surface area contributed by atoms with Gasteiger partial charge in [-0.1, -0.05) is 6.07 Å². The number of imidazole rings is 1. The van der Waals surface area contributed by atoms with Gasteiger partial charge in [0.2, 0.25) is 0 Å². The molecule has 0 aliphatic rings. The molecule has 0 saturated carbocycles. The summed E-state index contributed by atoms with van der Waals surface area (Å²) in [7, 11) is 0. The van der Waals surface area contributed by atoms with Gasteiger partial charge in [0.25, 0.3) is 0 Å². The van der Waals surface area contributed by atoms with Crippen molar-refractivity contribution in [2.75, 3.05) is 0 Å². The van der Waals surface area contributed by atoms with Crippen molar-refractivity contribution in [3.63, 3.8) is 0 Å². The molecule has 29 heavy (non-hydrogen) atoms. The Morgan fingerprint density at radius 1 is 1.24 bits per heavy atom. The van der Waals surface area contributed by atoms with Crippen LogP contribution in [0.3, 0.4) is 0 Å². The largest absolute Gasteiger partial charge is 1.00 e. The predicted molar refractivity (Wildman–Crippen MR) is 93.6 cm³/mol. The molecular weight excluding hydrogens is 379 g/mol. The summed E-state index contributed by atoms with van der Waals surface area (Å²) >= 11 is 0. The van der Waals surface area contributed by atoms with Crippen LogP contribution in [0, 0.1) is 11.3 Å². The van der Waals surface area contributed by atoms with Gasteiger partial charge in [-0.25, -0.2) is 4.79 Å². The van der Waals surface area contributed by atoms with Gasteiger partial charge >= 0.3 is 31.2 Å². The molecule has 2 aromatic carbocycles. The van der Waals surface area contributed by atoms with Gasteiger partial charge in [-0.2, -0.15) is 14.0 Å². The Bertz CT molecular complexity index is 1180. The van der Waals surface area contributed by atoms with Crippen molar-refractivity contribution in [2.24, 2.45) is 0 Å². The number of nitriles is 1. The van der Waals surface area contributed by atoms with E-state index in [1.165, 1.54) is 45.5 Å². The number of nitrogens with zero attached hydrogens (tertiary/aromatic N) is 3. The number of alkyl halides is 2. The number of halogens is 2. The summed E-state index contributed by atoms with van der Waals surface area (Å²) in [5.41, 5.74) is -0.471. The van der Waals surface area contributed by atoms with Crippen LogP contribution < -0.4 is 34.4 Å². The zero-order chi connectivity index (χ0) is 20.6. The van der Waals surface area contributed by atoms with E-state index >= 15 is 0 Å². The quantitative estimate of drug-likeness (QED) is 0.529. The SMILES string of the molecule is CC(C)n1c(=O)n(-c2cccc(OC(F)F)c2)c2ccc(C(=O)[O-])c(C#N)c21.[Li+]. The third-order valence-corrected chi connectivity index (χ3v) is 4.18. The van der Waals surface area contributed by atoms with Crippen molar-refractivity contribution in [1.29, 1.82) is 5.26 Å². The Hall–Kier alpha value is -3.07. The van der Waals surface area contributed by atoms with Crippen LogP contribution in [0.5, 0.6) is 5.75 Å². The van der Waals surface area contributed by atoms with Crippen LogP contribution in [0.1, 0.15) is 35.8 Å². The molecular formula is C19H14F2LiN3O4. The van der Waals surface area contributed by atoms with Crippen molar-refractivity contribution in [1.82, 2.24) is 9.13 Å². The van der Waals surface area contributed by atoms with Gasteiger partial charge in [-0.05, 0) is 38.1 Å². The maximum Gasteiger partial charge on any atom is 1.00 e. The zero-order valence-electron chi connectivity index (χ0n) is 15.8. The standard InChI is InChI=1S/C19H15F2N3O4.Li/c1-10(2)23-16-14(9-22)13(17(25)26)6-7-15(16)24(19(23)27)11-4-3-5-12(8-11)28-18(20)21;/h3-8,10,18H,1-2H3,(H,25,26);/q;+1/p-1. The van der Waals surface area contributed by atoms with Crippen molar-refractivity contribution >= 4 is 17.0 Å². The number of fused-ring (bicyclic) bond motifs is 1. The van der Waals surface area contributed by atoms with Gasteiger partial charge in [0, 0.05) is 17.7 Å². The number of benzene rings is 2. The maximum atomic E-state index is 13.1. The fourth-order valence-corrected chi connectivity index (χ4v) is 3.12. The minimum Gasteiger partial charge on any atom is -0.545 e. The fourth-order valence-electron chi connectivity index (χ4n) is 3.12. The van der Waals surface area contributed by atoms with E-state index in [9.17, 15) is 28.7 Å². The Balaban J connectivity index is 0.00000300. The first kappa shape index (κ1) is 22.2. The number of carboxylic acid groups (broad SMARTS) is 1. The van der Waals surface area contributed by atoms with Gasteiger partial charge in [-0.15, -0.1) is 0 Å². The summed E-state index contributed by atoms with van der Waals surface area (Å²) in [4.78, 5) is 24.4. The predicted octanol–water partition coefficient (Wildman–Crippen LogP) is -0.786. The van der Waals surface area contributed by atoms with E-state index < -0.39 is 24.3 Å². The van der Waals surface area contributed by atoms with Crippen LogP contribution in [0.25, 0.3) is 16.7 Å². The number of hydrogen-bond acceptors (Lipinski definition) is 5. The van der Waals surface area contributed by atoms with Gasteiger partial charge in [0.05, 0.1) is 28.3 Å². The normalized spacial score (nSPS) is 10.8. The Morgan fingerprint density at radius 3 is 2.48 bits per heavy atom. The van der Waals surface area contributed by atoms with E-state index in [1.54, 1.807) is 13.8 Å². The van der Waals surface area contributed by atoms with Gasteiger partial charge < -0.3 is 14.6 Å². The second-order valence-electron chi connectivity index (χ2n) is 6.21. The van der Waals surface area contributed by atoms with Crippen LogP contribution >= 0.6 is 0 Å². The van der Waals surface area contributed by atoms with E-state index in [1.807, 2.05) is 6.07 Å². The summed E-state index contributed by atoms with van der Waals surface area (Å²) < 4.78 is 31.9. The first-order valence-corrected chi connectivity index (χ1v) is 8.23. The molecule has 0 bridgehead atoms. The smallest absolute Gasteiger partial charge is 0.545 e. The number of rotatable bonds is 5. The zero-order valence-corrected chi connectivity index (χ0v) is 15.8. The summed E-state index contributed by atoms with van der Waals surface area (Å²) in [5.74, 6) is -1.68. The molecule has 0 amide bonds. The molecule has 0 radical (unpaired) electrons. The second kappa shape index (κ2) is 8.52. The molecule has 0 spiro atoms. The van der Waals surface area contributed by atoms with Crippen molar-refractivity contribution in [3.8, 4) is 17.5 Å². The van der Waals surface area contributed by atoms with Crippen molar-refractivity contribution in [2.45, 2.75) is 26.5 Å². The molecule has 3 aromatic rings. The molecule has 0 unspecified atom stereocenters. The van der Waals surface area contributed by atoms with Crippen LogP contribution in [0.2, 0.25) is 0 Å². The van der Waals surface area contributed by atoms with Gasteiger partial charge in [0.1, 0.15) is 11.8 Å². The minimum absolute atomic E-state index is 0. The number of hydrogen-bond donors (Lipinski definition) is 0. The first-order chi connectivity index (χ1) is 13.3. The van der Waals surface area contributed by atoms with Crippen molar-refractivity contribution < 1.29 is 42.3 Å². The number of aromatic nitrogens is 2. The third kappa shape index (κ3) is 3.90. The van der Waals surface area contributed by atoms with Gasteiger partial charge in [0.15, 0.2) is 0 Å². The average Bonchev–Trinajstić information content (AvgIpc) is 2.92. The van der Waals surface area contributed by atoms with Gasteiger partial charge in [-0.3, -0.25) is 9.13 Å². The molecule has 0 aliphatic heterocycles. The van der Waals surface area contributed by atoms with E-state index in [0.29, 0.717) is 0 Å². The molecule has 144 valence electrons. The minimum atomic E-state index is -3.03. The average molecular weight is 393 g/mol. The monoisotopic (exact) mass is 393 g/mol. The molecule has 0 atom stereocenters. The van der Waals surface area contributed by atoms with Crippen molar-refractivity contribution in [3.05, 3.63) is 58.0 Å². The molecule has 10 heteroatoms. The number of carboxylic acids is 1. The van der Waals surface area contributed by atoms with Crippen LogP contribution in [-0.2, 0) is 0 Å². The summed E-state index contributed by atoms with van der Waals surface area (Å²) in [5, 5.41) is 20.9. The van der Waals surface area contributed by atoms with E-state index in [0.717, 1.165) is 0 Å². The van der Waals surface area contributed by atoms with Crippen LogP contribution in [-0.4, -0.2) is 21.7 Å². The number of carbonyl (C=O) groups excluding carboxylic acids is 1. The topological polar surface area (TPSA) is 100 Å². The summed E-state index contributed by atoms with van der Waals surface area (Å²) in [6.07, 6.45) is 0. The number of carbonyl (C=O) groups is 1. The summed E-state index contributed by atoms with van der Waals surface area (Å²) in [6.45, 7) is 0.377. The molecule has 1 aromatic heterocycles. The Morgan fingerprint density at radius 2 is 1.93 bits per heavy atom. The molecule has 0 N–H and O–H groups in total. The molecule has 0 fully saturated rings.